The summed E-state index contributed by atoms with van der Waals surface area (Å²) in [4.78, 5) is 17.3. The lowest BCUT2D eigenvalue weighted by molar-refractivity contribution is -0.139. The Labute approximate surface area is 116 Å². The molecule has 1 aromatic carbocycles. The summed E-state index contributed by atoms with van der Waals surface area (Å²) in [5, 5.41) is 0.855. The topological polar surface area (TPSA) is 39.2 Å². The van der Waals surface area contributed by atoms with Crippen molar-refractivity contribution < 1.29 is 9.53 Å². The summed E-state index contributed by atoms with van der Waals surface area (Å²) in [6.45, 7) is 0. The Morgan fingerprint density at radius 3 is 3.05 bits per heavy atom. The van der Waals surface area contributed by atoms with E-state index in [4.69, 9.17) is 4.74 Å². The number of benzene rings is 1. The Kier molecular flexibility index (Phi) is 3.34. The van der Waals surface area contributed by atoms with Gasteiger partial charge in [-0.25, -0.2) is 4.98 Å². The summed E-state index contributed by atoms with van der Waals surface area (Å²) in [7, 11) is 1.41. The lowest BCUT2D eigenvalue weighted by Gasteiger charge is -2.03. The molecule has 1 aromatic heterocycles. The number of rotatable bonds is 2. The molecule has 1 aliphatic rings. The molecule has 1 aliphatic carbocycles. The summed E-state index contributed by atoms with van der Waals surface area (Å²) in [6.07, 6.45) is 3.56. The van der Waals surface area contributed by atoms with Crippen molar-refractivity contribution in [3.63, 3.8) is 0 Å². The van der Waals surface area contributed by atoms with Gasteiger partial charge < -0.3 is 4.74 Å². The van der Waals surface area contributed by atoms with Crippen LogP contribution in [0.15, 0.2) is 24.3 Å². The first-order chi connectivity index (χ1) is 9.28. The SMILES string of the molecule is COC(=O)Cc1nc2c(s1)CCCc1ccccc1-2. The van der Waals surface area contributed by atoms with E-state index in [1.165, 1.54) is 23.1 Å². The number of fused-ring (bicyclic) bond motifs is 3. The Balaban J connectivity index is 2.02. The van der Waals surface area contributed by atoms with E-state index < -0.39 is 0 Å². The Morgan fingerprint density at radius 2 is 2.21 bits per heavy atom. The second-order valence-corrected chi connectivity index (χ2v) is 5.81. The van der Waals surface area contributed by atoms with Crippen LogP contribution < -0.4 is 0 Å². The van der Waals surface area contributed by atoms with E-state index in [9.17, 15) is 4.79 Å². The Bertz CT molecular complexity index is 618. The monoisotopic (exact) mass is 273 g/mol. The van der Waals surface area contributed by atoms with E-state index in [2.05, 4.69) is 23.2 Å². The third-order valence-electron chi connectivity index (χ3n) is 3.39. The van der Waals surface area contributed by atoms with Crippen molar-refractivity contribution in [2.45, 2.75) is 25.7 Å². The molecule has 2 aromatic rings. The normalized spacial score (nSPS) is 13.3. The molecule has 0 bridgehead atoms. The zero-order valence-corrected chi connectivity index (χ0v) is 11.6. The molecule has 0 saturated carbocycles. The fourth-order valence-corrected chi connectivity index (χ4v) is 3.57. The summed E-state index contributed by atoms with van der Waals surface area (Å²) < 4.78 is 4.71. The minimum absolute atomic E-state index is 0.225. The maximum Gasteiger partial charge on any atom is 0.312 e. The number of aryl methyl sites for hydroxylation is 2. The van der Waals surface area contributed by atoms with E-state index in [0.717, 1.165) is 30.0 Å². The minimum atomic E-state index is -0.225. The molecule has 3 rings (SSSR count). The van der Waals surface area contributed by atoms with Gasteiger partial charge in [0.25, 0.3) is 0 Å². The standard InChI is InChI=1S/C15H15NO2S/c1-18-14(17)9-13-16-15-11-7-3-2-5-10(11)6-4-8-12(15)19-13/h2-3,5,7H,4,6,8-9H2,1H3. The van der Waals surface area contributed by atoms with Crippen LogP contribution in [-0.4, -0.2) is 18.1 Å². The summed E-state index contributed by atoms with van der Waals surface area (Å²) in [5.74, 6) is -0.225. The van der Waals surface area contributed by atoms with Gasteiger partial charge in [-0.2, -0.15) is 0 Å². The van der Waals surface area contributed by atoms with E-state index in [1.807, 2.05) is 6.07 Å². The van der Waals surface area contributed by atoms with Crippen molar-refractivity contribution in [1.82, 2.24) is 4.98 Å². The van der Waals surface area contributed by atoms with Gasteiger partial charge in [0, 0.05) is 10.4 Å². The third-order valence-corrected chi connectivity index (χ3v) is 4.50. The van der Waals surface area contributed by atoms with Crippen molar-refractivity contribution >= 4 is 17.3 Å². The van der Waals surface area contributed by atoms with Gasteiger partial charge in [0.05, 0.1) is 19.2 Å². The van der Waals surface area contributed by atoms with Crippen LogP contribution in [0.1, 0.15) is 21.9 Å². The van der Waals surface area contributed by atoms with Gasteiger partial charge in [-0.1, -0.05) is 24.3 Å². The fourth-order valence-electron chi connectivity index (χ4n) is 2.46. The molecule has 0 amide bonds. The molecule has 1 heterocycles. The lowest BCUT2D eigenvalue weighted by atomic mass is 10.0. The van der Waals surface area contributed by atoms with Gasteiger partial charge in [0.15, 0.2) is 0 Å². The summed E-state index contributed by atoms with van der Waals surface area (Å²) in [5.41, 5.74) is 3.65. The molecule has 98 valence electrons. The number of hydrogen-bond donors (Lipinski definition) is 0. The lowest BCUT2D eigenvalue weighted by Crippen LogP contribution is -2.03. The highest BCUT2D eigenvalue weighted by atomic mass is 32.1. The van der Waals surface area contributed by atoms with Gasteiger partial charge in [-0.05, 0) is 24.8 Å². The molecule has 0 spiro atoms. The third kappa shape index (κ3) is 2.40. The predicted octanol–water partition coefficient (Wildman–Crippen LogP) is 3.01. The van der Waals surface area contributed by atoms with Gasteiger partial charge in [0.1, 0.15) is 5.01 Å². The maximum atomic E-state index is 11.4. The van der Waals surface area contributed by atoms with E-state index >= 15 is 0 Å². The van der Waals surface area contributed by atoms with Crippen LogP contribution in [0.4, 0.5) is 0 Å². The van der Waals surface area contributed by atoms with Crippen LogP contribution in [-0.2, 0) is 28.8 Å². The number of esters is 1. The quantitative estimate of drug-likeness (QED) is 0.790. The largest absolute Gasteiger partial charge is 0.469 e. The molecule has 0 saturated heterocycles. The average molecular weight is 273 g/mol. The number of hydrogen-bond acceptors (Lipinski definition) is 4. The molecule has 0 fully saturated rings. The van der Waals surface area contributed by atoms with Crippen LogP contribution in [0.5, 0.6) is 0 Å². The Morgan fingerprint density at radius 1 is 1.37 bits per heavy atom. The average Bonchev–Trinajstić information content (AvgIpc) is 2.74. The molecule has 0 atom stereocenters. The van der Waals surface area contributed by atoms with Crippen molar-refractivity contribution in [3.05, 3.63) is 39.7 Å². The highest BCUT2D eigenvalue weighted by Crippen LogP contribution is 2.35. The fraction of sp³-hybridized carbons (Fsp3) is 0.333. The molecule has 0 radical (unpaired) electrons. The number of carbonyl (C=O) groups is 1. The number of methoxy groups -OCH3 is 1. The molecule has 0 aliphatic heterocycles. The first-order valence-corrected chi connectivity index (χ1v) is 7.23. The second kappa shape index (κ2) is 5.13. The maximum absolute atomic E-state index is 11.4. The van der Waals surface area contributed by atoms with Crippen molar-refractivity contribution in [3.8, 4) is 11.3 Å². The molecule has 0 N–H and O–H groups in total. The molecule has 0 unspecified atom stereocenters. The Hall–Kier alpha value is -1.68. The number of ether oxygens (including phenoxy) is 1. The number of carbonyl (C=O) groups excluding carboxylic acids is 1. The van der Waals surface area contributed by atoms with Crippen molar-refractivity contribution in [2.75, 3.05) is 7.11 Å². The van der Waals surface area contributed by atoms with Gasteiger partial charge in [-0.3, -0.25) is 4.79 Å². The first-order valence-electron chi connectivity index (χ1n) is 6.41. The second-order valence-electron chi connectivity index (χ2n) is 4.64. The molecular formula is C15H15NO2S. The van der Waals surface area contributed by atoms with Crippen molar-refractivity contribution in [2.24, 2.45) is 0 Å². The smallest absolute Gasteiger partial charge is 0.312 e. The van der Waals surface area contributed by atoms with E-state index in [1.54, 1.807) is 11.3 Å². The molecule has 3 nitrogen and oxygen atoms in total. The number of nitrogens with zero attached hydrogens (tertiary/aromatic N) is 1. The zero-order chi connectivity index (χ0) is 13.2. The van der Waals surface area contributed by atoms with Crippen LogP contribution in [0, 0.1) is 0 Å². The highest BCUT2D eigenvalue weighted by Gasteiger charge is 2.19. The first kappa shape index (κ1) is 12.4. The summed E-state index contributed by atoms with van der Waals surface area (Å²) in [6, 6.07) is 8.42. The zero-order valence-electron chi connectivity index (χ0n) is 10.8. The van der Waals surface area contributed by atoms with Crippen LogP contribution in [0.3, 0.4) is 0 Å². The van der Waals surface area contributed by atoms with Gasteiger partial charge in [0.2, 0.25) is 0 Å². The highest BCUT2D eigenvalue weighted by molar-refractivity contribution is 7.12. The summed E-state index contributed by atoms with van der Waals surface area (Å²) >= 11 is 1.64. The van der Waals surface area contributed by atoms with E-state index in [0.29, 0.717) is 0 Å². The van der Waals surface area contributed by atoms with Crippen molar-refractivity contribution in [1.29, 1.82) is 0 Å². The number of thiazole rings is 1. The van der Waals surface area contributed by atoms with E-state index in [-0.39, 0.29) is 12.4 Å². The molecule has 4 heteroatoms. The molecular weight excluding hydrogens is 258 g/mol. The van der Waals surface area contributed by atoms with Gasteiger partial charge >= 0.3 is 5.97 Å². The van der Waals surface area contributed by atoms with Crippen LogP contribution >= 0.6 is 11.3 Å². The van der Waals surface area contributed by atoms with Gasteiger partial charge in [-0.15, -0.1) is 11.3 Å². The van der Waals surface area contributed by atoms with Crippen LogP contribution in [0.25, 0.3) is 11.3 Å². The molecule has 19 heavy (non-hydrogen) atoms. The minimum Gasteiger partial charge on any atom is -0.469 e. The van der Waals surface area contributed by atoms with Crippen LogP contribution in [0.2, 0.25) is 0 Å². The number of aromatic nitrogens is 1. The predicted molar refractivity (Wildman–Crippen MR) is 75.3 cm³/mol.